The lowest BCUT2D eigenvalue weighted by Crippen LogP contribution is -1.71. The minimum atomic E-state index is 0.645. The Labute approximate surface area is 78.5 Å². The Kier molecular flexibility index (Phi) is 12.2. The molecule has 0 aromatic heterocycles. The molecule has 1 nitrogen and oxygen atoms in total. The van der Waals surface area contributed by atoms with Crippen molar-refractivity contribution in [1.82, 2.24) is 0 Å². The van der Waals surface area contributed by atoms with Gasteiger partial charge in [0, 0.05) is 0 Å². The largest absolute Gasteiger partial charge is 0.481 e. The molecular formula is C10H19OP. The summed E-state index contributed by atoms with van der Waals surface area (Å²) < 4.78 is 4.75. The normalized spacial score (nSPS) is 10.6. The summed E-state index contributed by atoms with van der Waals surface area (Å²) in [5.74, 6) is 0.645. The van der Waals surface area contributed by atoms with E-state index in [9.17, 15) is 0 Å². The maximum absolute atomic E-state index is 4.75. The van der Waals surface area contributed by atoms with E-state index in [0.29, 0.717) is 5.76 Å². The van der Waals surface area contributed by atoms with Crippen molar-refractivity contribution in [2.75, 3.05) is 0 Å². The SMILES string of the molecule is C=C(/C=C\C(C)=C/C)OP.CC. The first-order chi connectivity index (χ1) is 5.70. The molecule has 0 bridgehead atoms. The van der Waals surface area contributed by atoms with E-state index in [2.05, 4.69) is 16.0 Å². The Balaban J connectivity index is 0. The third-order valence-corrected chi connectivity index (χ3v) is 1.44. The van der Waals surface area contributed by atoms with Gasteiger partial charge in [-0.2, -0.15) is 0 Å². The molecule has 0 fully saturated rings. The zero-order chi connectivity index (χ0) is 9.98. The van der Waals surface area contributed by atoms with Gasteiger partial charge in [0.05, 0.1) is 9.47 Å². The molecule has 0 saturated carbocycles. The van der Waals surface area contributed by atoms with Gasteiger partial charge in [0.25, 0.3) is 0 Å². The number of hydrogen-bond donors (Lipinski definition) is 0. The summed E-state index contributed by atoms with van der Waals surface area (Å²) in [5.41, 5.74) is 1.20. The van der Waals surface area contributed by atoms with Gasteiger partial charge in [-0.25, -0.2) is 0 Å². The molecule has 1 atom stereocenters. The smallest absolute Gasteiger partial charge is 0.115 e. The van der Waals surface area contributed by atoms with Crippen LogP contribution in [0.4, 0.5) is 0 Å². The molecule has 0 amide bonds. The van der Waals surface area contributed by atoms with E-state index in [4.69, 9.17) is 4.52 Å². The topological polar surface area (TPSA) is 9.23 Å². The Bertz CT molecular complexity index is 169. The highest BCUT2D eigenvalue weighted by atomic mass is 31.0. The minimum absolute atomic E-state index is 0.645. The second-order valence-corrected chi connectivity index (χ2v) is 2.19. The van der Waals surface area contributed by atoms with Crippen LogP contribution in [0.2, 0.25) is 0 Å². The van der Waals surface area contributed by atoms with Gasteiger partial charge in [0.2, 0.25) is 0 Å². The van der Waals surface area contributed by atoms with Crippen LogP contribution in [0.15, 0.2) is 36.1 Å². The van der Waals surface area contributed by atoms with Crippen molar-refractivity contribution in [2.45, 2.75) is 27.7 Å². The average Bonchev–Trinajstić information content (AvgIpc) is 2.16. The molecule has 0 spiro atoms. The molecule has 0 radical (unpaired) electrons. The Hall–Kier alpha value is -0.550. The average molecular weight is 186 g/mol. The molecule has 1 unspecified atom stereocenters. The van der Waals surface area contributed by atoms with Crippen molar-refractivity contribution in [1.29, 1.82) is 0 Å². The predicted octanol–water partition coefficient (Wildman–Crippen LogP) is 3.86. The van der Waals surface area contributed by atoms with Crippen LogP contribution < -0.4 is 0 Å². The van der Waals surface area contributed by atoms with Crippen LogP contribution in [0.3, 0.4) is 0 Å². The Morgan fingerprint density at radius 1 is 1.33 bits per heavy atom. The molecule has 0 aliphatic heterocycles. The molecule has 0 heterocycles. The first-order valence-electron chi connectivity index (χ1n) is 4.07. The van der Waals surface area contributed by atoms with Crippen LogP contribution in [0, 0.1) is 0 Å². The van der Waals surface area contributed by atoms with Crippen LogP contribution >= 0.6 is 9.47 Å². The fourth-order valence-corrected chi connectivity index (χ4v) is 0.438. The summed E-state index contributed by atoms with van der Waals surface area (Å²) in [7, 11) is 2.15. The van der Waals surface area contributed by atoms with Gasteiger partial charge in [-0.3, -0.25) is 0 Å². The molecule has 0 aliphatic carbocycles. The minimum Gasteiger partial charge on any atom is -0.481 e. The van der Waals surface area contributed by atoms with Gasteiger partial charge in [-0.15, -0.1) is 0 Å². The van der Waals surface area contributed by atoms with E-state index in [0.717, 1.165) is 0 Å². The van der Waals surface area contributed by atoms with Crippen LogP contribution in [0.1, 0.15) is 27.7 Å². The number of allylic oxidation sites excluding steroid dienone is 4. The zero-order valence-corrected chi connectivity index (χ0v) is 9.58. The molecule has 0 aliphatic rings. The fourth-order valence-electron chi connectivity index (χ4n) is 0.360. The second kappa shape index (κ2) is 10.4. The van der Waals surface area contributed by atoms with Gasteiger partial charge in [-0.05, 0) is 19.9 Å². The van der Waals surface area contributed by atoms with Gasteiger partial charge in [0.1, 0.15) is 5.76 Å². The lowest BCUT2D eigenvalue weighted by Gasteiger charge is -1.94. The highest BCUT2D eigenvalue weighted by Crippen LogP contribution is 2.03. The molecule has 0 saturated heterocycles. The van der Waals surface area contributed by atoms with Crippen molar-refractivity contribution in [3.8, 4) is 0 Å². The fraction of sp³-hybridized carbons (Fsp3) is 0.400. The van der Waals surface area contributed by atoms with Gasteiger partial charge in [0.15, 0.2) is 0 Å². The van der Waals surface area contributed by atoms with E-state index in [1.165, 1.54) is 5.57 Å². The molecule has 0 rings (SSSR count). The summed E-state index contributed by atoms with van der Waals surface area (Å²) in [6.07, 6.45) is 5.79. The summed E-state index contributed by atoms with van der Waals surface area (Å²) in [6.45, 7) is 11.6. The van der Waals surface area contributed by atoms with Crippen molar-refractivity contribution in [2.24, 2.45) is 0 Å². The first-order valence-corrected chi connectivity index (χ1v) is 4.54. The summed E-state index contributed by atoms with van der Waals surface area (Å²) in [5, 5.41) is 0. The van der Waals surface area contributed by atoms with Crippen molar-refractivity contribution in [3.63, 3.8) is 0 Å². The highest BCUT2D eigenvalue weighted by Gasteiger charge is 1.81. The lowest BCUT2D eigenvalue weighted by molar-refractivity contribution is 0.523. The molecule has 70 valence electrons. The maximum atomic E-state index is 4.75. The van der Waals surface area contributed by atoms with E-state index < -0.39 is 0 Å². The summed E-state index contributed by atoms with van der Waals surface area (Å²) in [6, 6.07) is 0. The van der Waals surface area contributed by atoms with E-state index in [1.54, 1.807) is 0 Å². The molecular weight excluding hydrogens is 167 g/mol. The monoisotopic (exact) mass is 186 g/mol. The predicted molar refractivity (Wildman–Crippen MR) is 59.9 cm³/mol. The van der Waals surface area contributed by atoms with E-state index >= 15 is 0 Å². The van der Waals surface area contributed by atoms with Crippen molar-refractivity contribution >= 4 is 9.47 Å². The maximum Gasteiger partial charge on any atom is 0.115 e. The standard InChI is InChI=1S/C8H13OP.C2H6/c1-4-7(2)5-6-8(3)9-10;1-2/h4-6H,3,10H2,1-2H3;1-2H3/b6-5-,7-4-;. The molecule has 12 heavy (non-hydrogen) atoms. The number of hydrogen-bond acceptors (Lipinski definition) is 1. The molecule has 0 aromatic carbocycles. The molecule has 2 heteroatoms. The van der Waals surface area contributed by atoms with E-state index in [1.807, 2.05) is 45.9 Å². The van der Waals surface area contributed by atoms with Crippen LogP contribution in [0.25, 0.3) is 0 Å². The molecule has 0 N–H and O–H groups in total. The molecule has 0 aromatic rings. The first kappa shape index (κ1) is 14.0. The lowest BCUT2D eigenvalue weighted by atomic mass is 10.2. The third kappa shape index (κ3) is 9.45. The van der Waals surface area contributed by atoms with Crippen molar-refractivity contribution in [3.05, 3.63) is 36.1 Å². The van der Waals surface area contributed by atoms with Crippen molar-refractivity contribution < 1.29 is 4.52 Å². The second-order valence-electron chi connectivity index (χ2n) is 1.95. The van der Waals surface area contributed by atoms with E-state index in [-0.39, 0.29) is 0 Å². The van der Waals surface area contributed by atoms with Gasteiger partial charge in [-0.1, -0.05) is 38.2 Å². The van der Waals surface area contributed by atoms with Crippen LogP contribution in [-0.4, -0.2) is 0 Å². The van der Waals surface area contributed by atoms with Gasteiger partial charge >= 0.3 is 0 Å². The Morgan fingerprint density at radius 3 is 2.17 bits per heavy atom. The number of rotatable bonds is 3. The highest BCUT2D eigenvalue weighted by molar-refractivity contribution is 7.10. The third-order valence-electron chi connectivity index (χ3n) is 1.14. The van der Waals surface area contributed by atoms with Crippen LogP contribution in [0.5, 0.6) is 0 Å². The van der Waals surface area contributed by atoms with Gasteiger partial charge < -0.3 is 4.52 Å². The summed E-state index contributed by atoms with van der Waals surface area (Å²) >= 11 is 0. The summed E-state index contributed by atoms with van der Waals surface area (Å²) in [4.78, 5) is 0. The zero-order valence-electron chi connectivity index (χ0n) is 8.42. The quantitative estimate of drug-likeness (QED) is 0.369. The Morgan fingerprint density at radius 2 is 1.83 bits per heavy atom. The van der Waals surface area contributed by atoms with Crippen LogP contribution in [-0.2, 0) is 4.52 Å².